The van der Waals surface area contributed by atoms with Gasteiger partial charge in [0.15, 0.2) is 0 Å². The predicted molar refractivity (Wildman–Crippen MR) is 43.5 cm³/mol. The first-order valence-corrected chi connectivity index (χ1v) is 3.47. The van der Waals surface area contributed by atoms with Crippen molar-refractivity contribution in [1.82, 2.24) is 11.1 Å². The number of carbonyl (C=O) groups excluding carboxylic acids is 1. The summed E-state index contributed by atoms with van der Waals surface area (Å²) in [5.41, 5.74) is 1.79. The zero-order valence-corrected chi connectivity index (χ0v) is 7.02. The summed E-state index contributed by atoms with van der Waals surface area (Å²) in [4.78, 5) is 13.2. The van der Waals surface area contributed by atoms with Crippen LogP contribution in [0.25, 0.3) is 0 Å². The number of rotatable bonds is 0. The van der Waals surface area contributed by atoms with E-state index in [2.05, 4.69) is 4.98 Å². The lowest BCUT2D eigenvalue weighted by molar-refractivity contribution is -0.114. The smallest absolute Gasteiger partial charge is 0.126 e. The van der Waals surface area contributed by atoms with Crippen LogP contribution in [0.2, 0.25) is 0 Å². The van der Waals surface area contributed by atoms with E-state index in [1.165, 1.54) is 13.8 Å². The van der Waals surface area contributed by atoms with Crippen molar-refractivity contribution in [1.29, 1.82) is 0 Å². The molecule has 0 saturated heterocycles. The Morgan fingerprint density at radius 3 is 2.10 bits per heavy atom. The van der Waals surface area contributed by atoms with E-state index in [4.69, 9.17) is 0 Å². The highest BCUT2D eigenvalue weighted by Crippen LogP contribution is 1.85. The Balaban J connectivity index is 0. The first kappa shape index (κ1) is 12.0. The average molecular weight is 160 g/mol. The minimum Gasteiger partial charge on any atom is -0.344 e. The van der Waals surface area contributed by atoms with Crippen molar-refractivity contribution < 1.29 is 4.79 Å². The fourth-order valence-corrected chi connectivity index (χ4v) is 0.527. The van der Waals surface area contributed by atoms with E-state index in [-0.39, 0.29) is 11.9 Å². The third kappa shape index (κ3) is 15.7. The standard InChI is InChI=1S/C3H3NS.C3H6O.H3N/c1-2-5-3-4-1;1-3(2)4;/h1-3H;1-2H3;1H3. The topological polar surface area (TPSA) is 65.0 Å². The number of Topliss-reactive ketones (excluding diaryl/α,β-unsaturated/α-hetero) is 1. The molecule has 0 radical (unpaired) electrons. The number of hydrogen-bond acceptors (Lipinski definition) is 4. The van der Waals surface area contributed by atoms with Crippen molar-refractivity contribution in [3.8, 4) is 0 Å². The molecule has 3 nitrogen and oxygen atoms in total. The molecule has 1 rings (SSSR count). The van der Waals surface area contributed by atoms with Gasteiger partial charge in [0.2, 0.25) is 0 Å². The average Bonchev–Trinajstić information content (AvgIpc) is 2.11. The second-order valence-electron chi connectivity index (χ2n) is 1.58. The molecule has 58 valence electrons. The molecule has 0 fully saturated rings. The van der Waals surface area contributed by atoms with Crippen LogP contribution >= 0.6 is 11.3 Å². The van der Waals surface area contributed by atoms with Gasteiger partial charge in [-0.3, -0.25) is 4.98 Å². The number of nitrogens with zero attached hydrogens (tertiary/aromatic N) is 1. The Kier molecular flexibility index (Phi) is 9.90. The van der Waals surface area contributed by atoms with Crippen molar-refractivity contribution in [2.75, 3.05) is 0 Å². The highest BCUT2D eigenvalue weighted by molar-refractivity contribution is 7.07. The molecule has 0 aliphatic rings. The van der Waals surface area contributed by atoms with Crippen LogP contribution in [0.3, 0.4) is 0 Å². The number of hydrogen-bond donors (Lipinski definition) is 1. The van der Waals surface area contributed by atoms with Crippen LogP contribution in [-0.2, 0) is 4.79 Å². The van der Waals surface area contributed by atoms with Crippen LogP contribution in [0.15, 0.2) is 17.1 Å². The van der Waals surface area contributed by atoms with Crippen LogP contribution in [0, 0.1) is 0 Å². The molecule has 0 aliphatic heterocycles. The molecule has 1 heterocycles. The van der Waals surface area contributed by atoms with E-state index in [1.807, 2.05) is 5.38 Å². The molecule has 3 N–H and O–H groups in total. The number of thiazole rings is 1. The van der Waals surface area contributed by atoms with E-state index < -0.39 is 0 Å². The van der Waals surface area contributed by atoms with Gasteiger partial charge in [0, 0.05) is 11.6 Å². The number of ketones is 1. The highest BCUT2D eigenvalue weighted by atomic mass is 32.1. The first-order chi connectivity index (χ1) is 4.23. The third-order valence-electron chi connectivity index (χ3n) is 0.347. The normalized spacial score (nSPS) is 6.60. The summed E-state index contributed by atoms with van der Waals surface area (Å²) in [5.74, 6) is 0.167. The SMILES string of the molecule is CC(C)=O.N.c1cscn1. The van der Waals surface area contributed by atoms with Gasteiger partial charge < -0.3 is 10.9 Å². The van der Waals surface area contributed by atoms with Crippen molar-refractivity contribution in [3.05, 3.63) is 17.1 Å². The summed E-state index contributed by atoms with van der Waals surface area (Å²) in [6.45, 7) is 3.06. The summed E-state index contributed by atoms with van der Waals surface area (Å²) < 4.78 is 0. The van der Waals surface area contributed by atoms with Crippen LogP contribution in [-0.4, -0.2) is 10.8 Å². The van der Waals surface area contributed by atoms with Gasteiger partial charge in [-0.15, -0.1) is 11.3 Å². The van der Waals surface area contributed by atoms with Crippen molar-refractivity contribution in [2.24, 2.45) is 0 Å². The molecule has 10 heavy (non-hydrogen) atoms. The first-order valence-electron chi connectivity index (χ1n) is 2.53. The molecule has 0 unspecified atom stereocenters. The monoisotopic (exact) mass is 160 g/mol. The maximum atomic E-state index is 9.44. The molecule has 0 amide bonds. The molecule has 0 atom stereocenters. The maximum absolute atomic E-state index is 9.44. The third-order valence-corrected chi connectivity index (χ3v) is 0.869. The summed E-state index contributed by atoms with van der Waals surface area (Å²) in [7, 11) is 0. The van der Waals surface area contributed by atoms with Gasteiger partial charge in [-0.1, -0.05) is 0 Å². The van der Waals surface area contributed by atoms with Crippen LogP contribution in [0.4, 0.5) is 0 Å². The van der Waals surface area contributed by atoms with Gasteiger partial charge in [0.25, 0.3) is 0 Å². The minimum absolute atomic E-state index is 0. The van der Waals surface area contributed by atoms with Crippen molar-refractivity contribution in [2.45, 2.75) is 13.8 Å². The van der Waals surface area contributed by atoms with E-state index in [1.54, 1.807) is 23.0 Å². The molecule has 4 heteroatoms. The van der Waals surface area contributed by atoms with Crippen molar-refractivity contribution >= 4 is 17.1 Å². The molecule has 0 aliphatic carbocycles. The molecule has 0 saturated carbocycles. The van der Waals surface area contributed by atoms with Gasteiger partial charge >= 0.3 is 0 Å². The Morgan fingerprint density at radius 1 is 1.50 bits per heavy atom. The second-order valence-corrected chi connectivity index (χ2v) is 2.34. The quantitative estimate of drug-likeness (QED) is 0.630. The van der Waals surface area contributed by atoms with Gasteiger partial charge in [0.05, 0.1) is 5.51 Å². The number of carbonyl (C=O) groups is 1. The minimum atomic E-state index is 0. The molecule has 1 aromatic heterocycles. The summed E-state index contributed by atoms with van der Waals surface area (Å²) in [5, 5.41) is 1.93. The van der Waals surface area contributed by atoms with Crippen LogP contribution < -0.4 is 6.15 Å². The largest absolute Gasteiger partial charge is 0.344 e. The van der Waals surface area contributed by atoms with Gasteiger partial charge in [-0.25, -0.2) is 0 Å². The molecule has 0 bridgehead atoms. The van der Waals surface area contributed by atoms with Crippen LogP contribution in [0.1, 0.15) is 13.8 Å². The lowest BCUT2D eigenvalue weighted by Crippen LogP contribution is -1.69. The zero-order chi connectivity index (χ0) is 7.11. The van der Waals surface area contributed by atoms with Crippen molar-refractivity contribution in [3.63, 3.8) is 0 Å². The lowest BCUT2D eigenvalue weighted by Gasteiger charge is -1.56. The lowest BCUT2D eigenvalue weighted by atomic mass is 10.6. The van der Waals surface area contributed by atoms with E-state index in [0.717, 1.165) is 0 Å². The second kappa shape index (κ2) is 8.26. The van der Waals surface area contributed by atoms with Gasteiger partial charge in [0.1, 0.15) is 5.78 Å². The van der Waals surface area contributed by atoms with E-state index >= 15 is 0 Å². The molecule has 1 aromatic rings. The highest BCUT2D eigenvalue weighted by Gasteiger charge is 1.62. The van der Waals surface area contributed by atoms with E-state index in [9.17, 15) is 4.79 Å². The number of aromatic nitrogens is 1. The molecule has 0 aromatic carbocycles. The maximum Gasteiger partial charge on any atom is 0.126 e. The summed E-state index contributed by atoms with van der Waals surface area (Å²) in [6.07, 6.45) is 1.77. The van der Waals surface area contributed by atoms with Gasteiger partial charge in [-0.2, -0.15) is 0 Å². The Hall–Kier alpha value is -0.740. The van der Waals surface area contributed by atoms with E-state index in [0.29, 0.717) is 0 Å². The Labute approximate surface area is 64.7 Å². The summed E-state index contributed by atoms with van der Waals surface area (Å²) in [6, 6.07) is 0. The van der Waals surface area contributed by atoms with Crippen LogP contribution in [0.5, 0.6) is 0 Å². The molecular weight excluding hydrogens is 148 g/mol. The Bertz CT molecular complexity index is 130. The fourth-order valence-electron chi connectivity index (χ4n) is 0.176. The fraction of sp³-hybridized carbons (Fsp3) is 0.333. The zero-order valence-electron chi connectivity index (χ0n) is 6.20. The summed E-state index contributed by atoms with van der Waals surface area (Å²) >= 11 is 1.60. The predicted octanol–water partition coefficient (Wildman–Crippen LogP) is 1.90. The molecular formula is C6H12N2OS. The Morgan fingerprint density at radius 2 is 2.00 bits per heavy atom. The molecule has 0 spiro atoms. The van der Waals surface area contributed by atoms with Gasteiger partial charge in [-0.05, 0) is 13.8 Å².